The van der Waals surface area contributed by atoms with E-state index in [9.17, 15) is 4.79 Å². The third-order valence-electron chi connectivity index (χ3n) is 10.1. The van der Waals surface area contributed by atoms with Gasteiger partial charge in [0.15, 0.2) is 29.5 Å². The summed E-state index contributed by atoms with van der Waals surface area (Å²) >= 11 is 0. The van der Waals surface area contributed by atoms with E-state index < -0.39 is 32.5 Å². The molecule has 6 aromatic rings. The predicted molar refractivity (Wildman–Crippen MR) is 221 cm³/mol. The molecule has 0 bridgehead atoms. The zero-order valence-electron chi connectivity index (χ0n) is 33.3. The Morgan fingerprint density at radius 1 is 0.807 bits per heavy atom. The summed E-state index contributed by atoms with van der Waals surface area (Å²) in [5.41, 5.74) is 2.96. The minimum atomic E-state index is -1.13. The number of ether oxygens (including phenoxy) is 4. The van der Waals surface area contributed by atoms with Gasteiger partial charge in [0, 0.05) is 24.1 Å². The molecule has 0 saturated carbocycles. The van der Waals surface area contributed by atoms with Crippen LogP contribution in [0.3, 0.4) is 0 Å². The molecule has 1 saturated heterocycles. The van der Waals surface area contributed by atoms with Crippen LogP contribution in [0.2, 0.25) is 0 Å². The van der Waals surface area contributed by atoms with Gasteiger partial charge in [-0.15, -0.1) is 0 Å². The first kappa shape index (κ1) is 40.0. The number of imidazole rings is 1. The number of aromatic nitrogens is 4. The largest absolute Gasteiger partial charge is 0.497 e. The van der Waals surface area contributed by atoms with Crippen molar-refractivity contribution in [1.29, 1.82) is 0 Å². The summed E-state index contributed by atoms with van der Waals surface area (Å²) in [5.74, 6) is 1.45. The van der Waals surface area contributed by atoms with Gasteiger partial charge in [0.2, 0.25) is 0 Å². The number of rotatable bonds is 15. The molecule has 13 heteroatoms. The fourth-order valence-corrected chi connectivity index (χ4v) is 9.63. The van der Waals surface area contributed by atoms with Gasteiger partial charge in [0.25, 0.3) is 5.91 Å². The van der Waals surface area contributed by atoms with Crippen molar-refractivity contribution < 1.29 is 28.3 Å². The number of hydrogen-bond acceptors (Lipinski definition) is 10. The molecular formula is C44H49N6O6P. The molecule has 1 aliphatic rings. The van der Waals surface area contributed by atoms with E-state index in [1.807, 2.05) is 89.5 Å². The van der Waals surface area contributed by atoms with Crippen LogP contribution in [0.15, 0.2) is 122 Å². The number of carbonyl (C=O) groups excluding carboxylic acids is 1. The number of carbonyl (C=O) groups is 1. The van der Waals surface area contributed by atoms with E-state index in [4.69, 9.17) is 28.5 Å². The Morgan fingerprint density at radius 2 is 1.37 bits per heavy atom. The first-order chi connectivity index (χ1) is 27.6. The molecule has 3 heterocycles. The second-order valence-electron chi connectivity index (χ2n) is 14.4. The molecule has 1 amide bonds. The maximum absolute atomic E-state index is 13.2. The van der Waals surface area contributed by atoms with E-state index in [-0.39, 0.29) is 18.0 Å². The molecular weight excluding hydrogens is 739 g/mol. The number of nitrogens with one attached hydrogen (secondary N) is 1. The molecule has 0 aliphatic carbocycles. The standard InChI is InChI=1S/C44H49N6O6P/c1-29(2)50(30(3)4)57(7)56-37-26-38(54-43(37)49-28-47-39-40(45-27-46-41(39)49)48-42(51)31-14-10-8-11-15-31)55-44(32-16-12-9-13-17-32,33-18-22-35(52-5)23-19-33)34-20-24-36(53-6)25-21-34/h8-25,27-30,37-38,43H,26H2,1-7H3,(H,45,46,48,51)/t37-,38-,43-,57?/m1/s1. The van der Waals surface area contributed by atoms with Crippen molar-refractivity contribution in [3.05, 3.63) is 144 Å². The van der Waals surface area contributed by atoms with Crippen LogP contribution in [0, 0.1) is 0 Å². The maximum atomic E-state index is 13.2. The smallest absolute Gasteiger partial charge is 0.256 e. The minimum absolute atomic E-state index is 0.252. The van der Waals surface area contributed by atoms with Gasteiger partial charge in [-0.2, -0.15) is 0 Å². The summed E-state index contributed by atoms with van der Waals surface area (Å²) in [6, 6.07) is 35.5. The third-order valence-corrected chi connectivity index (χ3v) is 12.2. The van der Waals surface area contributed by atoms with Crippen LogP contribution in [-0.2, 0) is 19.6 Å². The Hall–Kier alpha value is -5.23. The highest BCUT2D eigenvalue weighted by atomic mass is 31.2. The number of benzene rings is 4. The summed E-state index contributed by atoms with van der Waals surface area (Å²) < 4.78 is 36.8. The lowest BCUT2D eigenvalue weighted by Gasteiger charge is -2.38. The fourth-order valence-electron chi connectivity index (χ4n) is 7.64. The summed E-state index contributed by atoms with van der Waals surface area (Å²) in [6.45, 7) is 10.9. The molecule has 0 spiro atoms. The molecule has 7 rings (SSSR count). The lowest BCUT2D eigenvalue weighted by molar-refractivity contribution is -0.194. The molecule has 0 radical (unpaired) electrons. The second-order valence-corrected chi connectivity index (χ2v) is 16.0. The van der Waals surface area contributed by atoms with E-state index in [0.29, 0.717) is 29.0 Å². The van der Waals surface area contributed by atoms with E-state index in [2.05, 4.69) is 66.4 Å². The fraction of sp³-hybridized carbons (Fsp3) is 0.318. The Bertz CT molecular complexity index is 2180. The quantitative estimate of drug-likeness (QED) is 0.0798. The van der Waals surface area contributed by atoms with Crippen LogP contribution >= 0.6 is 8.30 Å². The first-order valence-electron chi connectivity index (χ1n) is 19.0. The molecule has 2 aromatic heterocycles. The van der Waals surface area contributed by atoms with Crippen LogP contribution in [0.4, 0.5) is 5.82 Å². The summed E-state index contributed by atoms with van der Waals surface area (Å²) in [4.78, 5) is 26.9. The molecule has 12 nitrogen and oxygen atoms in total. The van der Waals surface area contributed by atoms with Crippen LogP contribution in [-0.4, -0.2) is 75.5 Å². The highest BCUT2D eigenvalue weighted by molar-refractivity contribution is 7.49. The van der Waals surface area contributed by atoms with Gasteiger partial charge in [0.1, 0.15) is 37.8 Å². The second kappa shape index (κ2) is 17.5. The summed E-state index contributed by atoms with van der Waals surface area (Å²) in [6.07, 6.45) is 1.54. The van der Waals surface area contributed by atoms with Crippen molar-refractivity contribution in [3.63, 3.8) is 0 Å². The van der Waals surface area contributed by atoms with Crippen molar-refractivity contribution in [2.45, 2.75) is 70.4 Å². The van der Waals surface area contributed by atoms with Gasteiger partial charge in [-0.25, -0.2) is 15.0 Å². The number of anilines is 1. The van der Waals surface area contributed by atoms with E-state index >= 15 is 0 Å². The van der Waals surface area contributed by atoms with Gasteiger partial charge < -0.3 is 28.8 Å². The van der Waals surface area contributed by atoms with Crippen molar-refractivity contribution in [1.82, 2.24) is 24.2 Å². The van der Waals surface area contributed by atoms with Crippen molar-refractivity contribution in [3.8, 4) is 11.5 Å². The van der Waals surface area contributed by atoms with E-state index in [1.165, 1.54) is 6.33 Å². The number of methoxy groups -OCH3 is 2. The Kier molecular flexibility index (Phi) is 12.3. The van der Waals surface area contributed by atoms with Gasteiger partial charge >= 0.3 is 0 Å². The molecule has 57 heavy (non-hydrogen) atoms. The van der Waals surface area contributed by atoms with Gasteiger partial charge in [-0.1, -0.05) is 72.8 Å². The SMILES string of the molecule is COc1ccc(C(O[C@@H]2C[C@@H](OP(C)N(C(C)C)C(C)C)[C@H](n3cnc4c(NC(=O)c5ccccc5)ncnc43)O2)(c2ccccc2)c2ccc(OC)cc2)cc1. The molecule has 4 aromatic carbocycles. The topological polar surface area (TPSA) is 122 Å². The average Bonchev–Trinajstić information content (AvgIpc) is 3.84. The van der Waals surface area contributed by atoms with E-state index in [0.717, 1.165) is 28.2 Å². The average molecular weight is 789 g/mol. The van der Waals surface area contributed by atoms with Crippen LogP contribution in [0.5, 0.6) is 11.5 Å². The number of amides is 1. The molecule has 1 fully saturated rings. The Morgan fingerprint density at radius 3 is 1.93 bits per heavy atom. The summed E-state index contributed by atoms with van der Waals surface area (Å²) in [7, 11) is 2.23. The van der Waals surface area contributed by atoms with Crippen LogP contribution < -0.4 is 14.8 Å². The number of fused-ring (bicyclic) bond motifs is 1. The number of nitrogens with zero attached hydrogens (tertiary/aromatic N) is 5. The molecule has 1 N–H and O–H groups in total. The lowest BCUT2D eigenvalue weighted by Crippen LogP contribution is -2.37. The predicted octanol–water partition coefficient (Wildman–Crippen LogP) is 8.80. The third kappa shape index (κ3) is 8.28. The van der Waals surface area contributed by atoms with Crippen molar-refractivity contribution in [2.24, 2.45) is 0 Å². The summed E-state index contributed by atoms with van der Waals surface area (Å²) in [5, 5.41) is 2.92. The Labute approximate surface area is 335 Å². The molecule has 296 valence electrons. The number of hydrogen-bond donors (Lipinski definition) is 1. The zero-order valence-corrected chi connectivity index (χ0v) is 34.2. The van der Waals surface area contributed by atoms with Crippen molar-refractivity contribution in [2.75, 3.05) is 26.2 Å². The van der Waals surface area contributed by atoms with Gasteiger partial charge in [-0.3, -0.25) is 14.0 Å². The zero-order chi connectivity index (χ0) is 40.1. The van der Waals surface area contributed by atoms with Gasteiger partial charge in [-0.05, 0) is 87.4 Å². The Balaban J connectivity index is 1.31. The molecule has 1 unspecified atom stereocenters. The maximum Gasteiger partial charge on any atom is 0.256 e. The highest BCUT2D eigenvalue weighted by Gasteiger charge is 2.47. The minimum Gasteiger partial charge on any atom is -0.497 e. The molecule has 4 atom stereocenters. The highest BCUT2D eigenvalue weighted by Crippen LogP contribution is 2.50. The van der Waals surface area contributed by atoms with E-state index in [1.54, 1.807) is 32.7 Å². The van der Waals surface area contributed by atoms with Crippen molar-refractivity contribution >= 4 is 31.2 Å². The molecule has 1 aliphatic heterocycles. The normalized spacial score (nSPS) is 17.7. The first-order valence-corrected chi connectivity index (χ1v) is 20.7. The van der Waals surface area contributed by atoms with Gasteiger partial charge in [0.05, 0.1) is 20.5 Å². The lowest BCUT2D eigenvalue weighted by atomic mass is 9.80. The monoisotopic (exact) mass is 788 g/mol. The van der Waals surface area contributed by atoms with Crippen LogP contribution in [0.25, 0.3) is 11.2 Å². The van der Waals surface area contributed by atoms with Crippen LogP contribution in [0.1, 0.15) is 67.4 Å².